The minimum atomic E-state index is -0.236. The minimum Gasteiger partial charge on any atom is -0.493 e. The third-order valence-electron chi connectivity index (χ3n) is 4.84. The van der Waals surface area contributed by atoms with Gasteiger partial charge in [0.2, 0.25) is 0 Å². The quantitative estimate of drug-likeness (QED) is 0.819. The number of nitrogens with zero attached hydrogens (tertiary/aromatic N) is 1. The number of anilines is 2. The first-order valence-corrected chi connectivity index (χ1v) is 9.20. The van der Waals surface area contributed by atoms with Crippen LogP contribution in [0.4, 0.5) is 16.2 Å². The third kappa shape index (κ3) is 4.64. The number of urea groups is 1. The van der Waals surface area contributed by atoms with E-state index in [1.165, 1.54) is 23.2 Å². The maximum absolute atomic E-state index is 12.1. The van der Waals surface area contributed by atoms with Crippen molar-refractivity contribution in [3.05, 3.63) is 47.5 Å². The van der Waals surface area contributed by atoms with E-state index in [0.29, 0.717) is 23.7 Å². The van der Waals surface area contributed by atoms with Crippen LogP contribution in [0, 0.1) is 0 Å². The molecule has 144 valence electrons. The summed E-state index contributed by atoms with van der Waals surface area (Å²) < 4.78 is 10.5. The Bertz CT molecular complexity index is 807. The lowest BCUT2D eigenvalue weighted by Crippen LogP contribution is -2.30. The highest BCUT2D eigenvalue weighted by Crippen LogP contribution is 2.29. The molecule has 0 saturated heterocycles. The van der Waals surface area contributed by atoms with Crippen LogP contribution in [0.25, 0.3) is 0 Å². The molecule has 0 radical (unpaired) electrons. The highest BCUT2D eigenvalue weighted by molar-refractivity contribution is 5.89. The van der Waals surface area contributed by atoms with Crippen molar-refractivity contribution < 1.29 is 14.3 Å². The summed E-state index contributed by atoms with van der Waals surface area (Å²) in [6.07, 6.45) is 3.12. The van der Waals surface area contributed by atoms with Gasteiger partial charge in [0.25, 0.3) is 0 Å². The average Bonchev–Trinajstić information content (AvgIpc) is 2.68. The summed E-state index contributed by atoms with van der Waals surface area (Å²) in [6, 6.07) is 11.6. The van der Waals surface area contributed by atoms with Crippen molar-refractivity contribution in [1.82, 2.24) is 5.32 Å². The van der Waals surface area contributed by atoms with Gasteiger partial charge in [-0.25, -0.2) is 4.79 Å². The molecular weight excluding hydrogens is 342 g/mol. The van der Waals surface area contributed by atoms with E-state index in [0.717, 1.165) is 19.4 Å². The molecule has 2 aromatic rings. The number of hydrogen-bond donors (Lipinski definition) is 2. The topological polar surface area (TPSA) is 62.8 Å². The maximum atomic E-state index is 12.1. The Morgan fingerprint density at radius 1 is 1.11 bits per heavy atom. The summed E-state index contributed by atoms with van der Waals surface area (Å²) >= 11 is 0. The van der Waals surface area contributed by atoms with Crippen LogP contribution >= 0.6 is 0 Å². The average molecular weight is 369 g/mol. The van der Waals surface area contributed by atoms with Gasteiger partial charge in [0.1, 0.15) is 0 Å². The molecule has 3 rings (SSSR count). The lowest BCUT2D eigenvalue weighted by Gasteiger charge is -2.27. The first kappa shape index (κ1) is 18.9. The molecule has 0 fully saturated rings. The largest absolute Gasteiger partial charge is 0.493 e. The number of amides is 2. The molecule has 0 aromatic heterocycles. The summed E-state index contributed by atoms with van der Waals surface area (Å²) in [5.41, 5.74) is 4.62. The van der Waals surface area contributed by atoms with Crippen molar-refractivity contribution in [2.45, 2.75) is 19.3 Å². The normalized spacial score (nSPS) is 12.9. The minimum absolute atomic E-state index is 0.236. The fourth-order valence-corrected chi connectivity index (χ4v) is 3.40. The van der Waals surface area contributed by atoms with Crippen molar-refractivity contribution in [2.24, 2.45) is 0 Å². The van der Waals surface area contributed by atoms with Gasteiger partial charge in [-0.2, -0.15) is 0 Å². The van der Waals surface area contributed by atoms with E-state index in [4.69, 9.17) is 9.47 Å². The zero-order chi connectivity index (χ0) is 19.2. The lowest BCUT2D eigenvalue weighted by atomic mass is 9.98. The molecule has 1 aliphatic heterocycles. The molecule has 2 amide bonds. The van der Waals surface area contributed by atoms with Crippen LogP contribution in [-0.2, 0) is 12.8 Å². The van der Waals surface area contributed by atoms with Gasteiger partial charge >= 0.3 is 6.03 Å². The molecule has 1 heterocycles. The number of benzene rings is 2. The first-order valence-electron chi connectivity index (χ1n) is 9.20. The lowest BCUT2D eigenvalue weighted by molar-refractivity contribution is 0.252. The Morgan fingerprint density at radius 3 is 2.70 bits per heavy atom. The number of carbonyl (C=O) groups is 1. The predicted molar refractivity (Wildman–Crippen MR) is 108 cm³/mol. The SMILES string of the molecule is COc1ccc(NC(=O)NCCc2ccc3c(c2)CCCN3C)cc1OC. The highest BCUT2D eigenvalue weighted by Gasteiger charge is 2.13. The van der Waals surface area contributed by atoms with Crippen molar-refractivity contribution in [1.29, 1.82) is 0 Å². The van der Waals surface area contributed by atoms with E-state index >= 15 is 0 Å². The van der Waals surface area contributed by atoms with Gasteiger partial charge in [-0.15, -0.1) is 0 Å². The number of aryl methyl sites for hydroxylation is 1. The maximum Gasteiger partial charge on any atom is 0.319 e. The number of ether oxygens (including phenoxy) is 2. The second kappa shape index (κ2) is 8.66. The fraction of sp³-hybridized carbons (Fsp3) is 0.381. The van der Waals surface area contributed by atoms with E-state index in [1.54, 1.807) is 32.4 Å². The summed E-state index contributed by atoms with van der Waals surface area (Å²) in [5, 5.41) is 5.72. The highest BCUT2D eigenvalue weighted by atomic mass is 16.5. The van der Waals surface area contributed by atoms with Gasteiger partial charge in [-0.05, 0) is 48.6 Å². The Morgan fingerprint density at radius 2 is 1.93 bits per heavy atom. The van der Waals surface area contributed by atoms with Crippen LogP contribution in [0.3, 0.4) is 0 Å². The molecule has 2 aromatic carbocycles. The molecular formula is C21H27N3O3. The van der Waals surface area contributed by atoms with Gasteiger partial charge in [0.15, 0.2) is 11.5 Å². The van der Waals surface area contributed by atoms with Crippen LogP contribution in [-0.4, -0.2) is 40.4 Å². The molecule has 0 aliphatic carbocycles. The summed E-state index contributed by atoms with van der Waals surface area (Å²) in [5.74, 6) is 1.20. The van der Waals surface area contributed by atoms with E-state index in [1.807, 2.05) is 0 Å². The van der Waals surface area contributed by atoms with Crippen LogP contribution in [0.1, 0.15) is 17.5 Å². The molecule has 0 unspecified atom stereocenters. The zero-order valence-electron chi connectivity index (χ0n) is 16.2. The van der Waals surface area contributed by atoms with Gasteiger partial charge < -0.3 is 25.0 Å². The number of methoxy groups -OCH3 is 2. The standard InChI is InChI=1S/C21H27N3O3/c1-24-12-4-5-16-13-15(6-8-18(16)24)10-11-22-21(25)23-17-7-9-19(26-2)20(14-17)27-3/h6-9,13-14H,4-5,10-12H2,1-3H3,(H2,22,23,25). The van der Waals surface area contributed by atoms with Crippen molar-refractivity contribution in [2.75, 3.05) is 44.6 Å². The van der Waals surface area contributed by atoms with Crippen LogP contribution in [0.15, 0.2) is 36.4 Å². The Hall–Kier alpha value is -2.89. The molecule has 6 heteroatoms. The second-order valence-electron chi connectivity index (χ2n) is 6.69. The van der Waals surface area contributed by atoms with Crippen molar-refractivity contribution >= 4 is 17.4 Å². The Balaban J connectivity index is 1.51. The number of rotatable bonds is 6. The monoisotopic (exact) mass is 369 g/mol. The molecule has 27 heavy (non-hydrogen) atoms. The van der Waals surface area contributed by atoms with Gasteiger partial charge in [-0.1, -0.05) is 12.1 Å². The van der Waals surface area contributed by atoms with E-state index < -0.39 is 0 Å². The number of hydrogen-bond acceptors (Lipinski definition) is 4. The third-order valence-corrected chi connectivity index (χ3v) is 4.84. The van der Waals surface area contributed by atoms with Gasteiger partial charge in [-0.3, -0.25) is 0 Å². The molecule has 6 nitrogen and oxygen atoms in total. The summed E-state index contributed by atoms with van der Waals surface area (Å²) in [6.45, 7) is 1.69. The van der Waals surface area contributed by atoms with Gasteiger partial charge in [0.05, 0.1) is 14.2 Å². The smallest absolute Gasteiger partial charge is 0.319 e. The van der Waals surface area contributed by atoms with E-state index in [-0.39, 0.29) is 6.03 Å². The van der Waals surface area contributed by atoms with E-state index in [9.17, 15) is 4.79 Å². The van der Waals surface area contributed by atoms with Crippen LogP contribution in [0.2, 0.25) is 0 Å². The number of fused-ring (bicyclic) bond motifs is 1. The Kier molecular flexibility index (Phi) is 6.06. The molecule has 2 N–H and O–H groups in total. The summed E-state index contributed by atoms with van der Waals surface area (Å²) in [7, 11) is 5.28. The van der Waals surface area contributed by atoms with Gasteiger partial charge in [0, 0.05) is 37.6 Å². The number of carbonyl (C=O) groups excluding carboxylic acids is 1. The summed E-state index contributed by atoms with van der Waals surface area (Å²) in [4.78, 5) is 14.4. The molecule has 0 bridgehead atoms. The zero-order valence-corrected chi connectivity index (χ0v) is 16.2. The predicted octanol–water partition coefficient (Wildman–Crippen LogP) is 3.45. The first-order chi connectivity index (χ1) is 13.1. The van der Waals surface area contributed by atoms with Crippen LogP contribution in [0.5, 0.6) is 11.5 Å². The molecule has 1 aliphatic rings. The fourth-order valence-electron chi connectivity index (χ4n) is 3.40. The van der Waals surface area contributed by atoms with Crippen LogP contribution < -0.4 is 25.0 Å². The van der Waals surface area contributed by atoms with Crippen molar-refractivity contribution in [3.63, 3.8) is 0 Å². The van der Waals surface area contributed by atoms with E-state index in [2.05, 4.69) is 40.8 Å². The number of nitrogens with one attached hydrogen (secondary N) is 2. The Labute approximate surface area is 160 Å². The second-order valence-corrected chi connectivity index (χ2v) is 6.69. The molecule has 0 spiro atoms. The molecule has 0 atom stereocenters. The van der Waals surface area contributed by atoms with Crippen molar-refractivity contribution in [3.8, 4) is 11.5 Å². The molecule has 0 saturated carbocycles.